The molecule has 0 saturated heterocycles. The molecule has 1 heterocycles. The molecule has 0 bridgehead atoms. The van der Waals surface area contributed by atoms with Crippen LogP contribution in [0.3, 0.4) is 0 Å². The third kappa shape index (κ3) is 2.67. The van der Waals surface area contributed by atoms with Crippen LogP contribution in [0.4, 0.5) is 0 Å². The lowest BCUT2D eigenvalue weighted by Gasteiger charge is -2.67. The van der Waals surface area contributed by atoms with Gasteiger partial charge in [0.2, 0.25) is 11.8 Å². The lowest BCUT2D eigenvalue weighted by atomic mass is 9.41. The minimum Gasteiger partial charge on any atom is -0.351 e. The van der Waals surface area contributed by atoms with Crippen LogP contribution in [0.25, 0.3) is 0 Å². The van der Waals surface area contributed by atoms with Gasteiger partial charge in [0.05, 0.1) is 5.92 Å². The maximum atomic E-state index is 13.1. The topological polar surface area (TPSA) is 110 Å². The summed E-state index contributed by atoms with van der Waals surface area (Å²) in [7, 11) is 0. The first-order chi connectivity index (χ1) is 13.3. The normalized spacial score (nSPS) is 48.9. The number of rotatable bonds is 1. The van der Waals surface area contributed by atoms with Gasteiger partial charge in [0.15, 0.2) is 0 Å². The summed E-state index contributed by atoms with van der Waals surface area (Å²) in [6.07, 6.45) is 8.79. The molecule has 4 aliphatic rings. The largest absolute Gasteiger partial charge is 0.351 e. The maximum Gasteiger partial charge on any atom is 0.243 e. The molecule has 162 valence electrons. The second kappa shape index (κ2) is 6.07. The van der Waals surface area contributed by atoms with Gasteiger partial charge in [-0.25, -0.2) is 0 Å². The van der Waals surface area contributed by atoms with Gasteiger partial charge in [-0.3, -0.25) is 9.59 Å². The van der Waals surface area contributed by atoms with E-state index in [0.29, 0.717) is 0 Å². The van der Waals surface area contributed by atoms with Crippen LogP contribution in [0.2, 0.25) is 0 Å². The van der Waals surface area contributed by atoms with Gasteiger partial charge >= 0.3 is 0 Å². The summed E-state index contributed by atoms with van der Waals surface area (Å²) >= 11 is 0. The molecule has 3 fully saturated rings. The van der Waals surface area contributed by atoms with Gasteiger partial charge in [0, 0.05) is 28.1 Å². The Hall–Kier alpha value is -1.40. The molecule has 4 rings (SSSR count). The zero-order valence-electron chi connectivity index (χ0n) is 18.6. The van der Waals surface area contributed by atoms with E-state index in [2.05, 4.69) is 24.5 Å². The maximum absolute atomic E-state index is 13.1. The van der Waals surface area contributed by atoms with Crippen LogP contribution >= 0.6 is 0 Å². The van der Waals surface area contributed by atoms with E-state index in [1.807, 2.05) is 26.8 Å². The van der Waals surface area contributed by atoms with Crippen molar-refractivity contribution in [2.75, 3.05) is 0 Å². The van der Waals surface area contributed by atoms with Gasteiger partial charge in [-0.1, -0.05) is 19.9 Å². The summed E-state index contributed by atoms with van der Waals surface area (Å²) in [5, 5.41) is 6.32. The van der Waals surface area contributed by atoms with Crippen molar-refractivity contribution in [3.63, 3.8) is 0 Å². The van der Waals surface area contributed by atoms with E-state index in [0.717, 1.165) is 38.5 Å². The van der Waals surface area contributed by atoms with Crippen molar-refractivity contribution in [2.45, 2.75) is 95.8 Å². The summed E-state index contributed by atoms with van der Waals surface area (Å²) in [4.78, 5) is 25.1. The van der Waals surface area contributed by atoms with Gasteiger partial charge in [0.25, 0.3) is 0 Å². The molecule has 0 aromatic heterocycles. The highest BCUT2D eigenvalue weighted by atomic mass is 16.2. The molecule has 0 aromatic rings. The summed E-state index contributed by atoms with van der Waals surface area (Å²) in [6.45, 7) is 10.5. The molecule has 6 N–H and O–H groups in total. The summed E-state index contributed by atoms with van der Waals surface area (Å²) in [5.41, 5.74) is 12.7. The molecule has 6 heteroatoms. The molecule has 6 nitrogen and oxygen atoms in total. The Balaban J connectivity index is 1.70. The Kier molecular flexibility index (Phi) is 4.36. The number of nitrogens with one attached hydrogen (secondary N) is 2. The number of carbonyl (C=O) groups is 2. The standard InChI is InChI=1S/C23H38N4O2/c1-19(2,3)27-18(29)14-8-10-20(4)15-6-7-16-21(5,11-9-17(28)26-16)23(15,25)13-12-22(14,20)24/h9,11,14-16H,6-8,10,12-13,24-25H2,1-5H3,(H,26,28)(H,27,29)/t14?,15-,16+,20-,21-,22-,23+/m0/s1. The molecule has 29 heavy (non-hydrogen) atoms. The van der Waals surface area contributed by atoms with Crippen molar-refractivity contribution < 1.29 is 9.59 Å². The van der Waals surface area contributed by atoms with Crippen molar-refractivity contribution in [3.8, 4) is 0 Å². The molecular formula is C23H38N4O2. The Morgan fingerprint density at radius 2 is 1.76 bits per heavy atom. The van der Waals surface area contributed by atoms with Gasteiger partial charge in [0.1, 0.15) is 0 Å². The zero-order valence-corrected chi connectivity index (χ0v) is 18.6. The van der Waals surface area contributed by atoms with E-state index in [4.69, 9.17) is 11.5 Å². The second-order valence-electron chi connectivity index (χ2n) is 11.6. The van der Waals surface area contributed by atoms with Crippen molar-refractivity contribution in [3.05, 3.63) is 12.2 Å². The van der Waals surface area contributed by atoms with Gasteiger partial charge < -0.3 is 22.1 Å². The second-order valence-corrected chi connectivity index (χ2v) is 11.6. The smallest absolute Gasteiger partial charge is 0.243 e. The minimum absolute atomic E-state index is 0.0236. The lowest BCUT2D eigenvalue weighted by molar-refractivity contribution is -0.139. The predicted molar refractivity (Wildman–Crippen MR) is 114 cm³/mol. The van der Waals surface area contributed by atoms with E-state index < -0.39 is 11.1 Å². The lowest BCUT2D eigenvalue weighted by Crippen LogP contribution is -2.78. The Morgan fingerprint density at radius 1 is 1.10 bits per heavy atom. The Bertz CT molecular complexity index is 773. The van der Waals surface area contributed by atoms with E-state index in [9.17, 15) is 9.59 Å². The average Bonchev–Trinajstić information content (AvgIpc) is 2.87. The molecular weight excluding hydrogens is 364 g/mol. The molecule has 2 amide bonds. The SMILES string of the molecule is CC(C)(C)NC(=O)C1CC[C@@]2(C)[C@@H]3CC[C@H]4NC(=O)C=C[C@]4(C)[C@@]3(N)CC[C@]12N. The molecule has 0 spiro atoms. The highest BCUT2D eigenvalue weighted by molar-refractivity contribution is 5.89. The van der Waals surface area contributed by atoms with E-state index in [-0.39, 0.29) is 46.1 Å². The van der Waals surface area contributed by atoms with Gasteiger partial charge in [-0.05, 0) is 76.7 Å². The number of fused-ring (bicyclic) bond motifs is 5. The average molecular weight is 403 g/mol. The van der Waals surface area contributed by atoms with Crippen LogP contribution in [0.15, 0.2) is 12.2 Å². The fourth-order valence-corrected chi connectivity index (χ4v) is 7.41. The first-order valence-corrected chi connectivity index (χ1v) is 11.2. The summed E-state index contributed by atoms with van der Waals surface area (Å²) in [5.74, 6) is 0.105. The van der Waals surface area contributed by atoms with Gasteiger partial charge in [-0.2, -0.15) is 0 Å². The van der Waals surface area contributed by atoms with Gasteiger partial charge in [-0.15, -0.1) is 0 Å². The number of hydrogen-bond donors (Lipinski definition) is 4. The fraction of sp³-hybridized carbons (Fsp3) is 0.826. The molecule has 1 unspecified atom stereocenters. The predicted octanol–water partition coefficient (Wildman–Crippen LogP) is 1.98. The highest BCUT2D eigenvalue weighted by Crippen LogP contribution is 2.67. The molecule has 3 saturated carbocycles. The Labute approximate surface area is 174 Å². The molecule has 0 radical (unpaired) electrons. The zero-order chi connectivity index (χ0) is 21.5. The van der Waals surface area contributed by atoms with Crippen LogP contribution in [-0.2, 0) is 9.59 Å². The van der Waals surface area contributed by atoms with Crippen LogP contribution in [-0.4, -0.2) is 34.5 Å². The van der Waals surface area contributed by atoms with Crippen LogP contribution in [0.1, 0.15) is 73.1 Å². The molecule has 3 aliphatic carbocycles. The van der Waals surface area contributed by atoms with Crippen LogP contribution in [0, 0.1) is 22.7 Å². The quantitative estimate of drug-likeness (QED) is 0.537. The van der Waals surface area contributed by atoms with E-state index >= 15 is 0 Å². The minimum atomic E-state index is -0.541. The molecule has 0 aromatic carbocycles. The fourth-order valence-electron chi connectivity index (χ4n) is 7.41. The third-order valence-electron chi connectivity index (χ3n) is 9.16. The molecule has 7 atom stereocenters. The first-order valence-electron chi connectivity index (χ1n) is 11.2. The van der Waals surface area contributed by atoms with Crippen LogP contribution < -0.4 is 22.1 Å². The highest BCUT2D eigenvalue weighted by Gasteiger charge is 2.71. The van der Waals surface area contributed by atoms with E-state index in [1.165, 1.54) is 0 Å². The monoisotopic (exact) mass is 402 g/mol. The van der Waals surface area contributed by atoms with E-state index in [1.54, 1.807) is 6.08 Å². The van der Waals surface area contributed by atoms with Crippen LogP contribution in [0.5, 0.6) is 0 Å². The number of carbonyl (C=O) groups excluding carboxylic acids is 2. The van der Waals surface area contributed by atoms with Crippen molar-refractivity contribution in [1.29, 1.82) is 0 Å². The number of hydrogen-bond acceptors (Lipinski definition) is 4. The third-order valence-corrected chi connectivity index (χ3v) is 9.16. The van der Waals surface area contributed by atoms with Crippen molar-refractivity contribution in [1.82, 2.24) is 10.6 Å². The number of amides is 2. The summed E-state index contributed by atoms with van der Waals surface area (Å²) in [6, 6.07) is 0.0662. The van der Waals surface area contributed by atoms with Crippen molar-refractivity contribution >= 4 is 11.8 Å². The van der Waals surface area contributed by atoms with Crippen molar-refractivity contribution in [2.24, 2.45) is 34.1 Å². The summed E-state index contributed by atoms with van der Waals surface area (Å²) < 4.78 is 0. The first kappa shape index (κ1) is 20.9. The number of nitrogens with two attached hydrogens (primary N) is 2. The molecule has 1 aliphatic heterocycles. The Morgan fingerprint density at radius 3 is 2.41 bits per heavy atom.